The Morgan fingerprint density at radius 1 is 1.55 bits per heavy atom. The van der Waals surface area contributed by atoms with Crippen LogP contribution < -0.4 is 10.6 Å². The van der Waals surface area contributed by atoms with E-state index in [0.717, 1.165) is 0 Å². The molecule has 1 aliphatic carbocycles. The van der Waals surface area contributed by atoms with Crippen LogP contribution in [0.5, 0.6) is 0 Å². The van der Waals surface area contributed by atoms with E-state index in [-0.39, 0.29) is 31.7 Å². The maximum absolute atomic E-state index is 13.1. The van der Waals surface area contributed by atoms with Gasteiger partial charge in [0.25, 0.3) is 5.91 Å². The molecule has 0 unspecified atom stereocenters. The molecule has 2 fully saturated rings. The van der Waals surface area contributed by atoms with Gasteiger partial charge in [-0.25, -0.2) is 0 Å². The summed E-state index contributed by atoms with van der Waals surface area (Å²) in [5, 5.41) is 9.29. The van der Waals surface area contributed by atoms with Crippen molar-refractivity contribution >= 4 is 5.91 Å². The van der Waals surface area contributed by atoms with E-state index in [4.69, 9.17) is 0 Å². The molecule has 110 valence electrons. The summed E-state index contributed by atoms with van der Waals surface area (Å²) >= 11 is 0. The van der Waals surface area contributed by atoms with Crippen molar-refractivity contribution in [3.05, 3.63) is 18.0 Å². The quantitative estimate of drug-likeness (QED) is 0.860. The van der Waals surface area contributed by atoms with Crippen molar-refractivity contribution in [2.24, 2.45) is 17.9 Å². The van der Waals surface area contributed by atoms with E-state index in [2.05, 4.69) is 15.7 Å². The molecular formula is C12H15F3N4O. The molecule has 1 saturated carbocycles. The number of aromatic nitrogens is 2. The van der Waals surface area contributed by atoms with E-state index < -0.39 is 22.9 Å². The van der Waals surface area contributed by atoms with E-state index >= 15 is 0 Å². The van der Waals surface area contributed by atoms with Crippen molar-refractivity contribution in [2.45, 2.75) is 12.6 Å². The number of nitrogens with zero attached hydrogens (tertiary/aromatic N) is 2. The predicted molar refractivity (Wildman–Crippen MR) is 63.9 cm³/mol. The van der Waals surface area contributed by atoms with Gasteiger partial charge in [0.15, 0.2) is 0 Å². The number of halogens is 3. The molecule has 2 heterocycles. The molecule has 2 atom stereocenters. The van der Waals surface area contributed by atoms with Crippen LogP contribution in [0.4, 0.5) is 13.2 Å². The Balaban J connectivity index is 1.67. The number of carbonyl (C=O) groups excluding carboxylic acids is 1. The molecular weight excluding hydrogens is 273 g/mol. The van der Waals surface area contributed by atoms with Gasteiger partial charge in [-0.1, -0.05) is 0 Å². The Kier molecular flexibility index (Phi) is 2.66. The van der Waals surface area contributed by atoms with Crippen LogP contribution in [-0.2, 0) is 7.05 Å². The first-order valence-electron chi connectivity index (χ1n) is 6.35. The summed E-state index contributed by atoms with van der Waals surface area (Å²) in [5.41, 5.74) is -2.35. The monoisotopic (exact) mass is 288 g/mol. The van der Waals surface area contributed by atoms with E-state index in [1.165, 1.54) is 10.7 Å². The average Bonchev–Trinajstić information content (AvgIpc) is 2.71. The fourth-order valence-corrected chi connectivity index (χ4v) is 3.20. The Bertz CT molecular complexity index is 555. The van der Waals surface area contributed by atoms with E-state index in [1.807, 2.05) is 0 Å². The lowest BCUT2D eigenvalue weighted by Crippen LogP contribution is -2.37. The molecule has 0 bridgehead atoms. The Morgan fingerprint density at radius 3 is 2.85 bits per heavy atom. The highest BCUT2D eigenvalue weighted by Crippen LogP contribution is 2.72. The summed E-state index contributed by atoms with van der Waals surface area (Å²) in [4.78, 5) is 11.8. The first kappa shape index (κ1) is 13.4. The van der Waals surface area contributed by atoms with Crippen LogP contribution in [0.1, 0.15) is 16.9 Å². The third-order valence-corrected chi connectivity index (χ3v) is 4.50. The molecule has 0 aromatic carbocycles. The molecule has 20 heavy (non-hydrogen) atoms. The summed E-state index contributed by atoms with van der Waals surface area (Å²) in [6.07, 6.45) is -2.54. The smallest absolute Gasteiger partial charge is 0.350 e. The van der Waals surface area contributed by atoms with Crippen LogP contribution in [0.25, 0.3) is 0 Å². The minimum Gasteiger partial charge on any atom is -0.350 e. The molecule has 0 radical (unpaired) electrons. The van der Waals surface area contributed by atoms with Gasteiger partial charge in [-0.05, 0) is 12.5 Å². The zero-order valence-electron chi connectivity index (χ0n) is 10.9. The van der Waals surface area contributed by atoms with Crippen LogP contribution in [0.2, 0.25) is 0 Å². The number of piperidine rings is 1. The Labute approximate surface area is 113 Å². The van der Waals surface area contributed by atoms with Gasteiger partial charge in [0.2, 0.25) is 0 Å². The number of amides is 1. The van der Waals surface area contributed by atoms with E-state index in [1.54, 1.807) is 13.2 Å². The van der Waals surface area contributed by atoms with Gasteiger partial charge in [-0.15, -0.1) is 0 Å². The second kappa shape index (κ2) is 3.97. The van der Waals surface area contributed by atoms with Crippen molar-refractivity contribution in [3.8, 4) is 0 Å². The lowest BCUT2D eigenvalue weighted by Gasteiger charge is -2.20. The summed E-state index contributed by atoms with van der Waals surface area (Å²) in [6.45, 7) is 0.250. The molecule has 5 nitrogen and oxygen atoms in total. The average molecular weight is 288 g/mol. The molecule has 1 amide bonds. The van der Waals surface area contributed by atoms with Gasteiger partial charge in [0.1, 0.15) is 5.69 Å². The summed E-state index contributed by atoms with van der Waals surface area (Å²) in [5.74, 6) is -0.435. The van der Waals surface area contributed by atoms with Crippen molar-refractivity contribution in [1.82, 2.24) is 20.4 Å². The Morgan fingerprint density at radius 2 is 2.30 bits per heavy atom. The van der Waals surface area contributed by atoms with Crippen LogP contribution in [0, 0.1) is 10.8 Å². The number of fused-ring (bicyclic) bond motifs is 1. The Hall–Kier alpha value is -1.57. The van der Waals surface area contributed by atoms with Crippen LogP contribution >= 0.6 is 0 Å². The summed E-state index contributed by atoms with van der Waals surface area (Å²) in [6, 6.07) is 1.53. The highest BCUT2D eigenvalue weighted by atomic mass is 19.4. The summed E-state index contributed by atoms with van der Waals surface area (Å²) in [7, 11) is 1.67. The van der Waals surface area contributed by atoms with Gasteiger partial charge in [-0.2, -0.15) is 18.3 Å². The van der Waals surface area contributed by atoms with Crippen LogP contribution in [0.15, 0.2) is 12.3 Å². The molecule has 1 aromatic rings. The number of alkyl halides is 3. The molecule has 0 spiro atoms. The largest absolute Gasteiger partial charge is 0.396 e. The zero-order valence-corrected chi connectivity index (χ0v) is 10.9. The van der Waals surface area contributed by atoms with Gasteiger partial charge >= 0.3 is 6.18 Å². The number of hydrogen-bond acceptors (Lipinski definition) is 3. The molecule has 3 rings (SSSR count). The molecule has 1 aliphatic heterocycles. The van der Waals surface area contributed by atoms with Crippen molar-refractivity contribution in [2.75, 3.05) is 19.6 Å². The van der Waals surface area contributed by atoms with Gasteiger partial charge in [0, 0.05) is 38.3 Å². The standard InChI is InChI=1S/C12H15F3N4O/c1-19-3-2-8(18-19)9(20)17-6-10-4-11(10,7-16-5-10)12(13,14)15/h2-3,16H,4-7H2,1H3,(H,17,20)/t10-,11-/m1/s1. The van der Waals surface area contributed by atoms with Gasteiger partial charge in [0.05, 0.1) is 5.41 Å². The number of hydrogen-bond donors (Lipinski definition) is 2. The second-order valence-corrected chi connectivity index (χ2v) is 5.70. The fourth-order valence-electron chi connectivity index (χ4n) is 3.20. The molecule has 8 heteroatoms. The molecule has 2 N–H and O–H groups in total. The van der Waals surface area contributed by atoms with Crippen LogP contribution in [-0.4, -0.2) is 41.5 Å². The van der Waals surface area contributed by atoms with Gasteiger partial charge in [-0.3, -0.25) is 9.48 Å². The maximum Gasteiger partial charge on any atom is 0.396 e. The number of aryl methyl sites for hydroxylation is 1. The minimum atomic E-state index is -4.23. The highest BCUT2D eigenvalue weighted by molar-refractivity contribution is 5.92. The number of carbonyl (C=O) groups is 1. The minimum absolute atomic E-state index is 0.0227. The van der Waals surface area contributed by atoms with E-state index in [0.29, 0.717) is 0 Å². The summed E-state index contributed by atoms with van der Waals surface area (Å²) < 4.78 is 40.8. The van der Waals surface area contributed by atoms with Gasteiger partial charge < -0.3 is 10.6 Å². The topological polar surface area (TPSA) is 59.0 Å². The predicted octanol–water partition coefficient (Wildman–Crippen LogP) is 0.692. The maximum atomic E-state index is 13.1. The van der Waals surface area contributed by atoms with E-state index in [9.17, 15) is 18.0 Å². The molecule has 1 saturated heterocycles. The zero-order chi connectivity index (χ0) is 14.6. The normalized spacial score (nSPS) is 32.0. The lowest BCUT2D eigenvalue weighted by molar-refractivity contribution is -0.190. The highest BCUT2D eigenvalue weighted by Gasteiger charge is 2.81. The second-order valence-electron chi connectivity index (χ2n) is 5.70. The van der Waals surface area contributed by atoms with Crippen molar-refractivity contribution in [1.29, 1.82) is 0 Å². The fraction of sp³-hybridized carbons (Fsp3) is 0.667. The molecule has 2 aliphatic rings. The van der Waals surface area contributed by atoms with Crippen molar-refractivity contribution < 1.29 is 18.0 Å². The number of rotatable bonds is 3. The number of nitrogens with one attached hydrogen (secondary N) is 2. The lowest BCUT2D eigenvalue weighted by atomic mass is 9.95. The molecule has 1 aromatic heterocycles. The van der Waals surface area contributed by atoms with Crippen molar-refractivity contribution in [3.63, 3.8) is 0 Å². The third kappa shape index (κ3) is 1.74. The third-order valence-electron chi connectivity index (χ3n) is 4.50. The van der Waals surface area contributed by atoms with Crippen LogP contribution in [0.3, 0.4) is 0 Å². The first-order valence-corrected chi connectivity index (χ1v) is 6.35. The SMILES string of the molecule is Cn1ccc(C(=O)NC[C@@]23CNC[C@]2(C(F)(F)F)C3)n1. The first-order chi connectivity index (χ1) is 9.30.